The van der Waals surface area contributed by atoms with Gasteiger partial charge in [-0.2, -0.15) is 0 Å². The minimum absolute atomic E-state index is 0.338. The van der Waals surface area contributed by atoms with Gasteiger partial charge in [0.2, 0.25) is 0 Å². The topological polar surface area (TPSA) is 17.1 Å². The van der Waals surface area contributed by atoms with Crippen molar-refractivity contribution in [2.24, 2.45) is 0 Å². The van der Waals surface area contributed by atoms with Crippen LogP contribution in [-0.4, -0.2) is 6.29 Å². The molecule has 2 aliphatic rings. The number of carbonyl (C=O) groups is 1. The number of benzene rings is 2. The summed E-state index contributed by atoms with van der Waals surface area (Å²) in [6, 6.07) is 10.8. The Morgan fingerprint density at radius 1 is 1.17 bits per heavy atom. The Hall–Kier alpha value is -1.89. The average Bonchev–Trinajstić information content (AvgIpc) is 2.44. The molecule has 1 nitrogen and oxygen atoms in total. The molecule has 1 heteroatoms. The largest absolute Gasteiger partial charge is 0.298 e. The monoisotopic (exact) mass is 234 g/mol. The van der Waals surface area contributed by atoms with Crippen LogP contribution in [0.3, 0.4) is 0 Å². The molecular weight excluding hydrogens is 220 g/mol. The van der Waals surface area contributed by atoms with Gasteiger partial charge in [0.15, 0.2) is 0 Å². The molecular formula is C17H14O. The van der Waals surface area contributed by atoms with E-state index in [4.69, 9.17) is 0 Å². The number of aryl methyl sites for hydroxylation is 1. The van der Waals surface area contributed by atoms with E-state index in [1.54, 1.807) is 0 Å². The number of hydrogen-bond acceptors (Lipinski definition) is 1. The van der Waals surface area contributed by atoms with Crippen molar-refractivity contribution in [1.82, 2.24) is 0 Å². The standard InChI is InChI=1S/C17H14O/c18-10-14-9-13-5-1-3-11-7-8-12-4-2-6-15(14)17(12)16(11)13/h1,3,5,7-10,15H,2,4,6H2. The third kappa shape index (κ3) is 1.19. The van der Waals surface area contributed by atoms with Crippen LogP contribution in [0.25, 0.3) is 16.8 Å². The highest BCUT2D eigenvalue weighted by Gasteiger charge is 2.28. The maximum absolute atomic E-state index is 11.3. The van der Waals surface area contributed by atoms with Gasteiger partial charge in [0.1, 0.15) is 6.29 Å². The van der Waals surface area contributed by atoms with Crippen LogP contribution in [0.1, 0.15) is 35.4 Å². The molecule has 0 radical (unpaired) electrons. The summed E-state index contributed by atoms with van der Waals surface area (Å²) < 4.78 is 0. The molecule has 88 valence electrons. The van der Waals surface area contributed by atoms with Crippen molar-refractivity contribution < 1.29 is 4.79 Å². The lowest BCUT2D eigenvalue weighted by atomic mass is 9.73. The normalized spacial score (nSPS) is 20.7. The lowest BCUT2D eigenvalue weighted by Crippen LogP contribution is -2.16. The van der Waals surface area contributed by atoms with Gasteiger partial charge in [0, 0.05) is 5.92 Å². The molecule has 0 heterocycles. The first-order valence-corrected chi connectivity index (χ1v) is 6.60. The summed E-state index contributed by atoms with van der Waals surface area (Å²) >= 11 is 0. The second kappa shape index (κ2) is 3.55. The summed E-state index contributed by atoms with van der Waals surface area (Å²) in [7, 11) is 0. The molecule has 0 saturated heterocycles. The zero-order valence-corrected chi connectivity index (χ0v) is 10.1. The average molecular weight is 234 g/mol. The molecule has 0 aliphatic heterocycles. The van der Waals surface area contributed by atoms with Gasteiger partial charge >= 0.3 is 0 Å². The molecule has 1 unspecified atom stereocenters. The molecule has 0 amide bonds. The van der Waals surface area contributed by atoms with E-state index in [1.165, 1.54) is 33.9 Å². The van der Waals surface area contributed by atoms with Crippen molar-refractivity contribution in [2.75, 3.05) is 0 Å². The predicted octanol–water partition coefficient (Wildman–Crippen LogP) is 3.86. The molecule has 0 saturated carbocycles. The lowest BCUT2D eigenvalue weighted by Gasteiger charge is -2.31. The summed E-state index contributed by atoms with van der Waals surface area (Å²) in [6.07, 6.45) is 6.60. The van der Waals surface area contributed by atoms with Gasteiger partial charge in [-0.3, -0.25) is 4.79 Å². The van der Waals surface area contributed by atoms with E-state index in [1.807, 2.05) is 0 Å². The van der Waals surface area contributed by atoms with Crippen LogP contribution in [0, 0.1) is 0 Å². The van der Waals surface area contributed by atoms with Crippen LogP contribution in [0.2, 0.25) is 0 Å². The smallest absolute Gasteiger partial charge is 0.146 e. The molecule has 0 spiro atoms. The number of rotatable bonds is 1. The molecule has 2 aromatic carbocycles. The van der Waals surface area contributed by atoms with E-state index in [0.29, 0.717) is 5.92 Å². The molecule has 0 aromatic heterocycles. The summed E-state index contributed by atoms with van der Waals surface area (Å²) in [4.78, 5) is 11.3. The fourth-order valence-electron chi connectivity index (χ4n) is 3.59. The van der Waals surface area contributed by atoms with Crippen LogP contribution in [-0.2, 0) is 11.2 Å². The predicted molar refractivity (Wildman–Crippen MR) is 73.7 cm³/mol. The zero-order valence-electron chi connectivity index (χ0n) is 10.1. The minimum atomic E-state index is 0.338. The Kier molecular flexibility index (Phi) is 1.99. The van der Waals surface area contributed by atoms with Gasteiger partial charge in [0.05, 0.1) is 0 Å². The SMILES string of the molecule is O=CC1=Cc2cccc3ccc4c(c23)C1CCC4. The van der Waals surface area contributed by atoms with Crippen molar-refractivity contribution >= 4 is 23.1 Å². The van der Waals surface area contributed by atoms with E-state index in [2.05, 4.69) is 36.4 Å². The van der Waals surface area contributed by atoms with Crippen molar-refractivity contribution in [2.45, 2.75) is 25.2 Å². The highest BCUT2D eigenvalue weighted by atomic mass is 16.1. The molecule has 2 aliphatic carbocycles. The second-order valence-corrected chi connectivity index (χ2v) is 5.29. The number of aldehydes is 1. The van der Waals surface area contributed by atoms with Crippen LogP contribution >= 0.6 is 0 Å². The van der Waals surface area contributed by atoms with Gasteiger partial charge in [-0.1, -0.05) is 30.3 Å². The third-order valence-electron chi connectivity index (χ3n) is 4.36. The highest BCUT2D eigenvalue weighted by Crippen LogP contribution is 2.45. The van der Waals surface area contributed by atoms with E-state index >= 15 is 0 Å². The van der Waals surface area contributed by atoms with Crippen LogP contribution < -0.4 is 0 Å². The van der Waals surface area contributed by atoms with Gasteiger partial charge in [0.25, 0.3) is 0 Å². The fourth-order valence-corrected chi connectivity index (χ4v) is 3.59. The Morgan fingerprint density at radius 3 is 3.00 bits per heavy atom. The molecule has 0 N–H and O–H groups in total. The van der Waals surface area contributed by atoms with E-state index < -0.39 is 0 Å². The first-order valence-electron chi connectivity index (χ1n) is 6.60. The van der Waals surface area contributed by atoms with Crippen molar-refractivity contribution in [1.29, 1.82) is 0 Å². The van der Waals surface area contributed by atoms with Gasteiger partial charge in [-0.15, -0.1) is 0 Å². The number of allylic oxidation sites excluding steroid dienone is 1. The lowest BCUT2D eigenvalue weighted by molar-refractivity contribution is -0.105. The third-order valence-corrected chi connectivity index (χ3v) is 4.36. The van der Waals surface area contributed by atoms with Gasteiger partial charge in [-0.25, -0.2) is 0 Å². The zero-order chi connectivity index (χ0) is 12.1. The quantitative estimate of drug-likeness (QED) is 0.685. The maximum Gasteiger partial charge on any atom is 0.146 e. The van der Waals surface area contributed by atoms with Crippen LogP contribution in [0.15, 0.2) is 35.9 Å². The second-order valence-electron chi connectivity index (χ2n) is 5.29. The molecule has 0 fully saturated rings. The first-order chi connectivity index (χ1) is 8.88. The summed E-state index contributed by atoms with van der Waals surface area (Å²) in [6.45, 7) is 0. The Morgan fingerprint density at radius 2 is 2.11 bits per heavy atom. The maximum atomic E-state index is 11.3. The number of hydrogen-bond donors (Lipinski definition) is 0. The van der Waals surface area contributed by atoms with E-state index in [0.717, 1.165) is 24.7 Å². The summed E-state index contributed by atoms with van der Waals surface area (Å²) in [5.41, 5.74) is 5.05. The molecule has 4 rings (SSSR count). The Bertz CT molecular complexity index is 694. The van der Waals surface area contributed by atoms with E-state index in [-0.39, 0.29) is 0 Å². The van der Waals surface area contributed by atoms with Gasteiger partial charge in [-0.05, 0) is 58.4 Å². The molecule has 0 bridgehead atoms. The van der Waals surface area contributed by atoms with Crippen molar-refractivity contribution in [3.05, 3.63) is 52.6 Å². The summed E-state index contributed by atoms with van der Waals surface area (Å²) in [5, 5.41) is 2.68. The Balaban J connectivity index is 2.18. The highest BCUT2D eigenvalue weighted by molar-refractivity contribution is 6.01. The fraction of sp³-hybridized carbons (Fsp3) is 0.235. The Labute approximate surface area is 106 Å². The van der Waals surface area contributed by atoms with E-state index in [9.17, 15) is 4.79 Å². The number of carbonyl (C=O) groups excluding carboxylic acids is 1. The minimum Gasteiger partial charge on any atom is -0.298 e. The summed E-state index contributed by atoms with van der Waals surface area (Å²) in [5.74, 6) is 0.338. The van der Waals surface area contributed by atoms with Gasteiger partial charge < -0.3 is 0 Å². The molecule has 1 atom stereocenters. The van der Waals surface area contributed by atoms with Crippen LogP contribution in [0.4, 0.5) is 0 Å². The van der Waals surface area contributed by atoms with Crippen molar-refractivity contribution in [3.8, 4) is 0 Å². The first kappa shape index (κ1) is 10.1. The van der Waals surface area contributed by atoms with Crippen LogP contribution in [0.5, 0.6) is 0 Å². The molecule has 2 aromatic rings. The molecule has 18 heavy (non-hydrogen) atoms. The van der Waals surface area contributed by atoms with Crippen molar-refractivity contribution in [3.63, 3.8) is 0 Å².